The lowest BCUT2D eigenvalue weighted by atomic mass is 10.1. The number of anilines is 3. The molecular weight excluding hydrogens is 376 g/mol. The van der Waals surface area contributed by atoms with Crippen LogP contribution in [0.3, 0.4) is 0 Å². The fourth-order valence-corrected chi connectivity index (χ4v) is 3.62. The van der Waals surface area contributed by atoms with Crippen molar-refractivity contribution in [1.82, 2.24) is 30.2 Å². The molecule has 5 rings (SSSR count). The van der Waals surface area contributed by atoms with Crippen molar-refractivity contribution in [3.8, 4) is 11.1 Å². The first-order valence-electron chi connectivity index (χ1n) is 10.1. The summed E-state index contributed by atoms with van der Waals surface area (Å²) in [4.78, 5) is 24.4. The van der Waals surface area contributed by atoms with Crippen LogP contribution < -0.4 is 15.5 Å². The fourth-order valence-electron chi connectivity index (χ4n) is 3.62. The van der Waals surface area contributed by atoms with Gasteiger partial charge >= 0.3 is 0 Å². The highest BCUT2D eigenvalue weighted by molar-refractivity contribution is 5.94. The van der Waals surface area contributed by atoms with Gasteiger partial charge in [0.1, 0.15) is 5.82 Å². The van der Waals surface area contributed by atoms with Gasteiger partial charge < -0.3 is 15.5 Å². The Balaban J connectivity index is 1.41. The molecule has 30 heavy (non-hydrogen) atoms. The Bertz CT molecular complexity index is 1120. The van der Waals surface area contributed by atoms with Crippen molar-refractivity contribution in [1.29, 1.82) is 0 Å². The van der Waals surface area contributed by atoms with Crippen LogP contribution in [-0.4, -0.2) is 51.1 Å². The molecule has 3 aromatic heterocycles. The smallest absolute Gasteiger partial charge is 0.225 e. The minimum absolute atomic E-state index is 0.696. The number of aromatic nitrogens is 5. The molecule has 0 saturated carbocycles. The Labute approximate surface area is 174 Å². The molecule has 0 bridgehead atoms. The monoisotopic (exact) mass is 398 g/mol. The molecule has 0 spiro atoms. The molecule has 1 aromatic carbocycles. The van der Waals surface area contributed by atoms with Crippen molar-refractivity contribution >= 4 is 28.4 Å². The van der Waals surface area contributed by atoms with E-state index in [1.807, 2.05) is 18.5 Å². The van der Waals surface area contributed by atoms with Crippen LogP contribution in [0, 0.1) is 0 Å². The van der Waals surface area contributed by atoms with Crippen LogP contribution in [0.15, 0.2) is 61.4 Å². The zero-order chi connectivity index (χ0) is 20.2. The Hall–Kier alpha value is -3.65. The average Bonchev–Trinajstić information content (AvgIpc) is 3.09. The summed E-state index contributed by atoms with van der Waals surface area (Å²) < 4.78 is 0. The number of pyridine rings is 1. The molecule has 0 amide bonds. The van der Waals surface area contributed by atoms with E-state index in [-0.39, 0.29) is 0 Å². The van der Waals surface area contributed by atoms with Crippen molar-refractivity contribution in [3.63, 3.8) is 0 Å². The van der Waals surface area contributed by atoms with Gasteiger partial charge in [0.2, 0.25) is 5.95 Å². The summed E-state index contributed by atoms with van der Waals surface area (Å²) >= 11 is 0. The first kappa shape index (κ1) is 18.4. The van der Waals surface area contributed by atoms with E-state index in [9.17, 15) is 0 Å². The van der Waals surface area contributed by atoms with Gasteiger partial charge in [0.15, 0.2) is 0 Å². The fraction of sp³-hybridized carbons (Fsp3) is 0.227. The number of hydrogen-bond acceptors (Lipinski definition) is 8. The first-order chi connectivity index (χ1) is 14.9. The lowest BCUT2D eigenvalue weighted by molar-refractivity contribution is 0.724. The third kappa shape index (κ3) is 3.90. The van der Waals surface area contributed by atoms with Gasteiger partial charge in [-0.05, 0) is 30.7 Å². The molecule has 0 radical (unpaired) electrons. The molecule has 0 atom stereocenters. The number of benzene rings is 1. The van der Waals surface area contributed by atoms with Gasteiger partial charge in [-0.3, -0.25) is 9.97 Å². The molecule has 1 aliphatic rings. The van der Waals surface area contributed by atoms with Gasteiger partial charge in [0.05, 0.1) is 17.4 Å². The van der Waals surface area contributed by atoms with Crippen LogP contribution in [0.25, 0.3) is 22.0 Å². The summed E-state index contributed by atoms with van der Waals surface area (Å²) in [6.07, 6.45) is 11.7. The molecule has 150 valence electrons. The standard InChI is InChI=1S/C22H22N8/c1-5-23-9-11-30(10-1)22-27-13-17(14-28-22)16-2-3-18-19(4-6-25-20(18)12-16)29-21-15-24-7-8-26-21/h2-4,6-8,12-15,23H,1,5,9-11H2,(H,25,26,29). The number of rotatable bonds is 4. The summed E-state index contributed by atoms with van der Waals surface area (Å²) in [6.45, 7) is 3.92. The lowest BCUT2D eigenvalue weighted by Gasteiger charge is -2.19. The van der Waals surface area contributed by atoms with Crippen LogP contribution in [0.2, 0.25) is 0 Å². The largest absolute Gasteiger partial charge is 0.340 e. The van der Waals surface area contributed by atoms with Gasteiger partial charge in [-0.15, -0.1) is 0 Å². The number of hydrogen-bond donors (Lipinski definition) is 2. The highest BCUT2D eigenvalue weighted by atomic mass is 15.3. The molecule has 1 fully saturated rings. The topological polar surface area (TPSA) is 91.8 Å². The van der Waals surface area contributed by atoms with Gasteiger partial charge in [-0.1, -0.05) is 12.1 Å². The minimum Gasteiger partial charge on any atom is -0.340 e. The highest BCUT2D eigenvalue weighted by Crippen LogP contribution is 2.28. The second kappa shape index (κ2) is 8.38. The van der Waals surface area contributed by atoms with E-state index in [1.54, 1.807) is 24.8 Å². The quantitative estimate of drug-likeness (QED) is 0.542. The van der Waals surface area contributed by atoms with Crippen LogP contribution in [0.5, 0.6) is 0 Å². The molecule has 0 aliphatic carbocycles. The number of nitrogens with one attached hydrogen (secondary N) is 2. The third-order valence-corrected chi connectivity index (χ3v) is 5.16. The molecule has 1 saturated heterocycles. The minimum atomic E-state index is 0.696. The number of fused-ring (bicyclic) bond motifs is 1. The second-order valence-corrected chi connectivity index (χ2v) is 7.17. The molecule has 0 unspecified atom stereocenters. The van der Waals surface area contributed by atoms with Crippen LogP contribution in [0.4, 0.5) is 17.5 Å². The van der Waals surface area contributed by atoms with E-state index in [4.69, 9.17) is 0 Å². The highest BCUT2D eigenvalue weighted by Gasteiger charge is 2.12. The van der Waals surface area contributed by atoms with Gasteiger partial charge in [0, 0.05) is 61.6 Å². The lowest BCUT2D eigenvalue weighted by Crippen LogP contribution is -2.29. The Morgan fingerprint density at radius 1 is 0.833 bits per heavy atom. The SMILES string of the molecule is c1cnc(Nc2ccnc3cc(-c4cnc(N5CCCNCC5)nc4)ccc23)cn1. The van der Waals surface area contributed by atoms with Gasteiger partial charge in [-0.2, -0.15) is 0 Å². The summed E-state index contributed by atoms with van der Waals surface area (Å²) in [7, 11) is 0. The van der Waals surface area contributed by atoms with Crippen LogP contribution in [-0.2, 0) is 0 Å². The van der Waals surface area contributed by atoms with Gasteiger partial charge in [0.25, 0.3) is 0 Å². The van der Waals surface area contributed by atoms with Gasteiger partial charge in [-0.25, -0.2) is 15.0 Å². The second-order valence-electron chi connectivity index (χ2n) is 7.17. The molecule has 8 heteroatoms. The maximum atomic E-state index is 4.61. The molecular formula is C22H22N8. The maximum Gasteiger partial charge on any atom is 0.225 e. The zero-order valence-electron chi connectivity index (χ0n) is 16.5. The van der Waals surface area contributed by atoms with Crippen molar-refractivity contribution < 1.29 is 0 Å². The van der Waals surface area contributed by atoms with E-state index in [2.05, 4.69) is 58.7 Å². The predicted octanol–water partition coefficient (Wildman–Crippen LogP) is 3.03. The third-order valence-electron chi connectivity index (χ3n) is 5.16. The van der Waals surface area contributed by atoms with E-state index in [1.165, 1.54) is 0 Å². The van der Waals surface area contributed by atoms with E-state index in [0.717, 1.165) is 66.3 Å². The predicted molar refractivity (Wildman–Crippen MR) is 118 cm³/mol. The van der Waals surface area contributed by atoms with Crippen molar-refractivity contribution in [2.75, 3.05) is 36.4 Å². The molecule has 2 N–H and O–H groups in total. The molecule has 1 aliphatic heterocycles. The molecule has 8 nitrogen and oxygen atoms in total. The summed E-state index contributed by atoms with van der Waals surface area (Å²) in [5, 5.41) is 7.73. The molecule has 4 heterocycles. The van der Waals surface area contributed by atoms with E-state index in [0.29, 0.717) is 5.82 Å². The summed E-state index contributed by atoms with van der Waals surface area (Å²) in [5.74, 6) is 1.48. The zero-order valence-corrected chi connectivity index (χ0v) is 16.5. The first-order valence-corrected chi connectivity index (χ1v) is 10.1. The molecule has 4 aromatic rings. The average molecular weight is 398 g/mol. The van der Waals surface area contributed by atoms with Crippen molar-refractivity contribution in [2.24, 2.45) is 0 Å². The maximum absolute atomic E-state index is 4.61. The van der Waals surface area contributed by atoms with Crippen LogP contribution in [0.1, 0.15) is 6.42 Å². The summed E-state index contributed by atoms with van der Waals surface area (Å²) in [6, 6.07) is 8.13. The Morgan fingerprint density at radius 3 is 2.63 bits per heavy atom. The van der Waals surface area contributed by atoms with E-state index < -0.39 is 0 Å². The normalized spacial score (nSPS) is 14.5. The number of nitrogens with zero attached hydrogens (tertiary/aromatic N) is 6. The van der Waals surface area contributed by atoms with Crippen molar-refractivity contribution in [3.05, 3.63) is 61.4 Å². The van der Waals surface area contributed by atoms with E-state index >= 15 is 0 Å². The Morgan fingerprint density at radius 2 is 1.77 bits per heavy atom. The Kier molecular flexibility index (Phi) is 5.14. The summed E-state index contributed by atoms with van der Waals surface area (Å²) in [5.41, 5.74) is 3.84. The van der Waals surface area contributed by atoms with Crippen LogP contribution >= 0.6 is 0 Å². The van der Waals surface area contributed by atoms with Crippen molar-refractivity contribution in [2.45, 2.75) is 6.42 Å².